The van der Waals surface area contributed by atoms with E-state index in [1.54, 1.807) is 10.9 Å². The van der Waals surface area contributed by atoms with Crippen molar-refractivity contribution in [3.63, 3.8) is 0 Å². The lowest BCUT2D eigenvalue weighted by Crippen LogP contribution is -2.11. The third-order valence-electron chi connectivity index (χ3n) is 2.28. The summed E-state index contributed by atoms with van der Waals surface area (Å²) in [7, 11) is -2.94. The molecule has 0 aliphatic heterocycles. The average Bonchev–Trinajstić information content (AvgIpc) is 2.56. The standard InChI is InChI=1S/C10H11IN2O2S/c1-16(14,15)5-4-13-10-6-9(11)3-2-8(10)7-12-13/h2-3,6-7H,4-5H2,1H3. The monoisotopic (exact) mass is 350 g/mol. The Kier molecular flexibility index (Phi) is 3.20. The first-order chi connectivity index (χ1) is 7.46. The van der Waals surface area contributed by atoms with Crippen LogP contribution >= 0.6 is 22.6 Å². The van der Waals surface area contributed by atoms with Crippen molar-refractivity contribution in [3.8, 4) is 0 Å². The van der Waals surface area contributed by atoms with Crippen molar-refractivity contribution in [1.29, 1.82) is 0 Å². The maximum absolute atomic E-state index is 11.1. The zero-order valence-electron chi connectivity index (χ0n) is 8.72. The van der Waals surface area contributed by atoms with Crippen LogP contribution < -0.4 is 0 Å². The molecule has 0 unspecified atom stereocenters. The van der Waals surface area contributed by atoms with E-state index in [1.807, 2.05) is 18.2 Å². The van der Waals surface area contributed by atoms with Crippen LogP contribution in [-0.2, 0) is 16.4 Å². The summed E-state index contributed by atoms with van der Waals surface area (Å²) in [6, 6.07) is 6.00. The quantitative estimate of drug-likeness (QED) is 0.792. The maximum Gasteiger partial charge on any atom is 0.149 e. The molecule has 1 aromatic carbocycles. The number of benzene rings is 1. The van der Waals surface area contributed by atoms with Crippen molar-refractivity contribution in [3.05, 3.63) is 28.0 Å². The van der Waals surface area contributed by atoms with Gasteiger partial charge in [0.05, 0.1) is 24.0 Å². The number of sulfone groups is 1. The second-order valence-corrected chi connectivity index (χ2v) is 7.21. The highest BCUT2D eigenvalue weighted by atomic mass is 127. The van der Waals surface area contributed by atoms with Crippen molar-refractivity contribution < 1.29 is 8.42 Å². The van der Waals surface area contributed by atoms with Gasteiger partial charge in [-0.3, -0.25) is 4.68 Å². The summed E-state index contributed by atoms with van der Waals surface area (Å²) in [6.07, 6.45) is 3.00. The third kappa shape index (κ3) is 2.73. The lowest BCUT2D eigenvalue weighted by Gasteiger charge is -2.02. The molecule has 86 valence electrons. The third-order valence-corrected chi connectivity index (χ3v) is 3.88. The van der Waals surface area contributed by atoms with Gasteiger partial charge in [-0.25, -0.2) is 8.42 Å². The molecule has 0 radical (unpaired) electrons. The van der Waals surface area contributed by atoms with Gasteiger partial charge in [-0.15, -0.1) is 0 Å². The van der Waals surface area contributed by atoms with Crippen LogP contribution in [0.5, 0.6) is 0 Å². The first-order valence-electron chi connectivity index (χ1n) is 4.74. The highest BCUT2D eigenvalue weighted by Gasteiger charge is 2.06. The lowest BCUT2D eigenvalue weighted by molar-refractivity contribution is 0.589. The van der Waals surface area contributed by atoms with Gasteiger partial charge in [0.25, 0.3) is 0 Å². The molecular weight excluding hydrogens is 339 g/mol. The first-order valence-corrected chi connectivity index (χ1v) is 7.88. The highest BCUT2D eigenvalue weighted by molar-refractivity contribution is 14.1. The Labute approximate surface area is 108 Å². The number of halogens is 1. The van der Waals surface area contributed by atoms with E-state index >= 15 is 0 Å². The molecule has 6 heteroatoms. The summed E-state index contributed by atoms with van der Waals surface area (Å²) < 4.78 is 25.0. The molecule has 0 bridgehead atoms. The van der Waals surface area contributed by atoms with Gasteiger partial charge in [0, 0.05) is 15.2 Å². The maximum atomic E-state index is 11.1. The molecule has 0 amide bonds. The van der Waals surface area contributed by atoms with Crippen molar-refractivity contribution >= 4 is 43.3 Å². The van der Waals surface area contributed by atoms with Crippen molar-refractivity contribution in [2.75, 3.05) is 12.0 Å². The van der Waals surface area contributed by atoms with E-state index < -0.39 is 9.84 Å². The minimum atomic E-state index is -2.94. The minimum Gasteiger partial charge on any atom is -0.264 e. The fraction of sp³-hybridized carbons (Fsp3) is 0.300. The molecule has 2 rings (SSSR count). The van der Waals surface area contributed by atoms with Gasteiger partial charge in [0.2, 0.25) is 0 Å². The van der Waals surface area contributed by atoms with Gasteiger partial charge in [0.15, 0.2) is 0 Å². The summed E-state index contributed by atoms with van der Waals surface area (Å²) in [6.45, 7) is 0.405. The molecule has 4 nitrogen and oxygen atoms in total. The first kappa shape index (κ1) is 11.8. The molecule has 0 fully saturated rings. The van der Waals surface area contributed by atoms with Gasteiger partial charge in [-0.2, -0.15) is 5.10 Å². The molecule has 2 aromatic rings. The summed E-state index contributed by atoms with van der Waals surface area (Å²) in [4.78, 5) is 0. The normalized spacial score (nSPS) is 12.1. The van der Waals surface area contributed by atoms with E-state index in [0.717, 1.165) is 14.5 Å². The fourth-order valence-electron chi connectivity index (χ4n) is 1.47. The molecule has 16 heavy (non-hydrogen) atoms. The summed E-state index contributed by atoms with van der Waals surface area (Å²) in [5.41, 5.74) is 0.982. The molecule has 0 spiro atoms. The van der Waals surface area contributed by atoms with Crippen LogP contribution in [0.3, 0.4) is 0 Å². The Balaban J connectivity index is 2.34. The van der Waals surface area contributed by atoms with Gasteiger partial charge < -0.3 is 0 Å². The van der Waals surface area contributed by atoms with Crippen LogP contribution in [0.2, 0.25) is 0 Å². The topological polar surface area (TPSA) is 52.0 Å². The second-order valence-electron chi connectivity index (χ2n) is 3.70. The zero-order chi connectivity index (χ0) is 11.8. The predicted molar refractivity (Wildman–Crippen MR) is 72.2 cm³/mol. The summed E-state index contributed by atoms with van der Waals surface area (Å²) in [5, 5.41) is 5.22. The molecule has 1 aromatic heterocycles. The number of fused-ring (bicyclic) bond motifs is 1. The molecule has 0 saturated heterocycles. The van der Waals surface area contributed by atoms with E-state index in [4.69, 9.17) is 0 Å². The minimum absolute atomic E-state index is 0.120. The Morgan fingerprint density at radius 1 is 1.44 bits per heavy atom. The van der Waals surface area contributed by atoms with Crippen LogP contribution in [-0.4, -0.2) is 30.2 Å². The highest BCUT2D eigenvalue weighted by Crippen LogP contribution is 2.16. The van der Waals surface area contributed by atoms with E-state index in [0.29, 0.717) is 6.54 Å². The SMILES string of the molecule is CS(=O)(=O)CCn1ncc2ccc(I)cc21. The van der Waals surface area contributed by atoms with Crippen LogP contribution in [0.4, 0.5) is 0 Å². The smallest absolute Gasteiger partial charge is 0.149 e. The molecule has 0 aliphatic carbocycles. The number of aromatic nitrogens is 2. The van der Waals surface area contributed by atoms with Crippen molar-refractivity contribution in [1.82, 2.24) is 9.78 Å². The van der Waals surface area contributed by atoms with E-state index in [-0.39, 0.29) is 5.75 Å². The number of nitrogens with zero attached hydrogens (tertiary/aromatic N) is 2. The number of aryl methyl sites for hydroxylation is 1. The van der Waals surface area contributed by atoms with Gasteiger partial charge in [0.1, 0.15) is 9.84 Å². The number of rotatable bonds is 3. The van der Waals surface area contributed by atoms with Crippen LogP contribution in [0.25, 0.3) is 10.9 Å². The molecule has 0 aliphatic rings. The Morgan fingerprint density at radius 2 is 2.19 bits per heavy atom. The Bertz CT molecular complexity index is 619. The molecule has 0 atom stereocenters. The van der Waals surface area contributed by atoms with Gasteiger partial charge >= 0.3 is 0 Å². The molecule has 1 heterocycles. The summed E-state index contributed by atoms with van der Waals surface area (Å²) in [5.74, 6) is 0.120. The Morgan fingerprint density at radius 3 is 2.88 bits per heavy atom. The molecule has 0 N–H and O–H groups in total. The van der Waals surface area contributed by atoms with Crippen LogP contribution in [0.1, 0.15) is 0 Å². The summed E-state index contributed by atoms with van der Waals surface area (Å²) >= 11 is 2.23. The van der Waals surface area contributed by atoms with Crippen LogP contribution in [0.15, 0.2) is 24.4 Å². The van der Waals surface area contributed by atoms with Crippen molar-refractivity contribution in [2.24, 2.45) is 0 Å². The van der Waals surface area contributed by atoms with Crippen molar-refractivity contribution in [2.45, 2.75) is 6.54 Å². The van der Waals surface area contributed by atoms with Gasteiger partial charge in [-0.05, 0) is 34.7 Å². The van der Waals surface area contributed by atoms with E-state index in [1.165, 1.54) is 6.26 Å². The lowest BCUT2D eigenvalue weighted by atomic mass is 10.3. The van der Waals surface area contributed by atoms with E-state index in [2.05, 4.69) is 27.7 Å². The van der Waals surface area contributed by atoms with E-state index in [9.17, 15) is 8.42 Å². The second kappa shape index (κ2) is 4.33. The molecule has 0 saturated carbocycles. The number of hydrogen-bond donors (Lipinski definition) is 0. The Hall–Kier alpha value is -0.630. The predicted octanol–water partition coefficient (Wildman–Crippen LogP) is 1.69. The zero-order valence-corrected chi connectivity index (χ0v) is 11.7. The number of hydrogen-bond acceptors (Lipinski definition) is 3. The van der Waals surface area contributed by atoms with Gasteiger partial charge in [-0.1, -0.05) is 6.07 Å². The largest absolute Gasteiger partial charge is 0.264 e. The average molecular weight is 350 g/mol. The molecular formula is C10H11IN2O2S. The fourth-order valence-corrected chi connectivity index (χ4v) is 2.45. The van der Waals surface area contributed by atoms with Crippen LogP contribution in [0, 0.1) is 3.57 Å².